The fraction of sp³-hybridized carbons (Fsp3) is 0.250. The van der Waals surface area contributed by atoms with Crippen molar-refractivity contribution in [1.29, 1.82) is 0 Å². The Balaban J connectivity index is 2.83. The summed E-state index contributed by atoms with van der Waals surface area (Å²) in [4.78, 5) is 4.62. The molecule has 0 radical (unpaired) electrons. The Hall–Kier alpha value is -1.34. The molecule has 0 N–H and O–H groups in total. The van der Waals surface area contributed by atoms with E-state index in [0.717, 1.165) is 21.8 Å². The molecule has 1 aromatic rings. The standard InChI is InChI=1S/C12H14N3P/c1-8(2)11-9-5-4-6-12(3,16)14-10(9)7-13-15-11/h4-7H,1,16H2,2-3H3. The topological polar surface area (TPSA) is 38.1 Å². The number of nitrogens with zero attached hydrogens (tertiary/aromatic N) is 3. The Kier molecular flexibility index (Phi) is 2.73. The average molecular weight is 231 g/mol. The molecule has 1 aliphatic heterocycles. The van der Waals surface area contributed by atoms with Crippen molar-refractivity contribution in [2.45, 2.75) is 19.1 Å². The van der Waals surface area contributed by atoms with Crippen LogP contribution in [0.5, 0.6) is 0 Å². The van der Waals surface area contributed by atoms with Gasteiger partial charge >= 0.3 is 0 Å². The Morgan fingerprint density at radius 3 is 2.94 bits per heavy atom. The van der Waals surface area contributed by atoms with E-state index in [1.165, 1.54) is 0 Å². The van der Waals surface area contributed by atoms with Gasteiger partial charge in [0, 0.05) is 5.22 Å². The smallest absolute Gasteiger partial charge is 0.0974 e. The summed E-state index contributed by atoms with van der Waals surface area (Å²) in [7, 11) is 2.71. The average Bonchev–Trinajstić information content (AvgIpc) is 2.33. The monoisotopic (exact) mass is 231 g/mol. The normalized spacial score (nSPS) is 22.7. The van der Waals surface area contributed by atoms with Gasteiger partial charge in [0.15, 0.2) is 0 Å². The number of allylic oxidation sites excluding steroid dienone is 2. The van der Waals surface area contributed by atoms with Gasteiger partial charge in [0.25, 0.3) is 0 Å². The van der Waals surface area contributed by atoms with Crippen molar-refractivity contribution in [2.75, 3.05) is 0 Å². The van der Waals surface area contributed by atoms with Crippen molar-refractivity contribution in [2.24, 2.45) is 4.99 Å². The van der Waals surface area contributed by atoms with Crippen LogP contribution in [0.2, 0.25) is 0 Å². The zero-order valence-electron chi connectivity index (χ0n) is 9.44. The van der Waals surface area contributed by atoms with Crippen molar-refractivity contribution in [3.05, 3.63) is 41.2 Å². The zero-order valence-corrected chi connectivity index (χ0v) is 10.6. The van der Waals surface area contributed by atoms with Crippen molar-refractivity contribution < 1.29 is 0 Å². The highest BCUT2D eigenvalue weighted by atomic mass is 31.0. The van der Waals surface area contributed by atoms with Crippen LogP contribution in [0.15, 0.2) is 29.9 Å². The van der Waals surface area contributed by atoms with E-state index >= 15 is 0 Å². The van der Waals surface area contributed by atoms with Crippen LogP contribution in [0, 0.1) is 0 Å². The number of aromatic nitrogens is 2. The van der Waals surface area contributed by atoms with Crippen LogP contribution in [-0.4, -0.2) is 15.5 Å². The first kappa shape index (κ1) is 11.2. The lowest BCUT2D eigenvalue weighted by atomic mass is 10.2. The van der Waals surface area contributed by atoms with Gasteiger partial charge in [-0.2, -0.15) is 10.2 Å². The van der Waals surface area contributed by atoms with Gasteiger partial charge in [-0.1, -0.05) is 24.8 Å². The summed E-state index contributed by atoms with van der Waals surface area (Å²) in [6.07, 6.45) is 7.72. The molecule has 0 saturated heterocycles. The van der Waals surface area contributed by atoms with Crippen LogP contribution in [0.3, 0.4) is 0 Å². The van der Waals surface area contributed by atoms with Crippen LogP contribution < -0.4 is 10.6 Å². The lowest BCUT2D eigenvalue weighted by molar-refractivity contribution is 0.807. The summed E-state index contributed by atoms with van der Waals surface area (Å²) in [5.41, 5.74) is 1.71. The van der Waals surface area contributed by atoms with E-state index in [1.54, 1.807) is 6.20 Å². The molecular weight excluding hydrogens is 217 g/mol. The molecule has 0 amide bonds. The molecule has 0 spiro atoms. The second-order valence-corrected chi connectivity index (χ2v) is 5.30. The number of rotatable bonds is 1. The molecule has 1 aromatic heterocycles. The number of hydrogen-bond acceptors (Lipinski definition) is 3. The molecule has 0 saturated carbocycles. The van der Waals surface area contributed by atoms with Crippen LogP contribution in [-0.2, 0) is 0 Å². The molecule has 4 heteroatoms. The first-order valence-corrected chi connectivity index (χ1v) is 5.63. The van der Waals surface area contributed by atoms with Crippen molar-refractivity contribution in [3.63, 3.8) is 0 Å². The third-order valence-electron chi connectivity index (χ3n) is 2.33. The molecule has 2 unspecified atom stereocenters. The van der Waals surface area contributed by atoms with Gasteiger partial charge in [-0.15, -0.1) is 9.24 Å². The summed E-state index contributed by atoms with van der Waals surface area (Å²) in [5.74, 6) is 0. The van der Waals surface area contributed by atoms with Crippen molar-refractivity contribution >= 4 is 20.9 Å². The maximum atomic E-state index is 4.62. The SMILES string of the molecule is C=C(C)c1nncc2c1=CC=CC(C)(P)N=2. The van der Waals surface area contributed by atoms with E-state index in [9.17, 15) is 0 Å². The lowest BCUT2D eigenvalue weighted by Gasteiger charge is -2.12. The largest absolute Gasteiger partial charge is 0.268 e. The summed E-state index contributed by atoms with van der Waals surface area (Å²) in [6.45, 7) is 7.86. The summed E-state index contributed by atoms with van der Waals surface area (Å²) in [5, 5.41) is 9.63. The van der Waals surface area contributed by atoms with Crippen LogP contribution in [0.4, 0.5) is 0 Å². The molecule has 0 bridgehead atoms. The molecule has 82 valence electrons. The Labute approximate surface area is 96.9 Å². The fourth-order valence-corrected chi connectivity index (χ4v) is 1.84. The molecule has 2 heterocycles. The Bertz CT molecular complexity index is 585. The van der Waals surface area contributed by atoms with E-state index in [4.69, 9.17) is 0 Å². The minimum atomic E-state index is -0.281. The first-order valence-electron chi connectivity index (χ1n) is 5.05. The Morgan fingerprint density at radius 1 is 1.50 bits per heavy atom. The number of hydrogen-bond donors (Lipinski definition) is 0. The molecular formula is C12H14N3P. The van der Waals surface area contributed by atoms with Gasteiger partial charge < -0.3 is 0 Å². The molecule has 3 nitrogen and oxygen atoms in total. The highest BCUT2D eigenvalue weighted by Gasteiger charge is 2.13. The van der Waals surface area contributed by atoms with Gasteiger partial charge in [-0.05, 0) is 19.4 Å². The highest BCUT2D eigenvalue weighted by molar-refractivity contribution is 7.19. The van der Waals surface area contributed by atoms with Gasteiger partial charge in [0.1, 0.15) is 0 Å². The second-order valence-electron chi connectivity index (χ2n) is 4.14. The molecule has 1 aliphatic rings. The first-order chi connectivity index (χ1) is 7.49. The minimum absolute atomic E-state index is 0.281. The Morgan fingerprint density at radius 2 is 2.25 bits per heavy atom. The fourth-order valence-electron chi connectivity index (χ4n) is 1.59. The van der Waals surface area contributed by atoms with Crippen LogP contribution in [0.1, 0.15) is 19.5 Å². The predicted molar refractivity (Wildman–Crippen MR) is 69.2 cm³/mol. The maximum absolute atomic E-state index is 4.62. The summed E-state index contributed by atoms with van der Waals surface area (Å²) >= 11 is 0. The molecule has 0 aliphatic carbocycles. The van der Waals surface area contributed by atoms with Gasteiger partial charge in [0.2, 0.25) is 0 Å². The van der Waals surface area contributed by atoms with E-state index < -0.39 is 0 Å². The van der Waals surface area contributed by atoms with E-state index in [2.05, 4.69) is 31.0 Å². The van der Waals surface area contributed by atoms with Crippen molar-refractivity contribution in [1.82, 2.24) is 10.2 Å². The van der Waals surface area contributed by atoms with Crippen molar-refractivity contribution in [3.8, 4) is 0 Å². The zero-order chi connectivity index (χ0) is 11.8. The van der Waals surface area contributed by atoms with E-state index in [-0.39, 0.29) is 5.28 Å². The summed E-state index contributed by atoms with van der Waals surface area (Å²) < 4.78 is 0. The second kappa shape index (κ2) is 3.91. The third kappa shape index (κ3) is 2.10. The number of fused-ring (bicyclic) bond motifs is 1. The maximum Gasteiger partial charge on any atom is 0.0974 e. The van der Waals surface area contributed by atoms with E-state index in [1.807, 2.05) is 32.1 Å². The van der Waals surface area contributed by atoms with Gasteiger partial charge in [0.05, 0.1) is 22.5 Å². The van der Waals surface area contributed by atoms with Gasteiger partial charge in [-0.3, -0.25) is 4.99 Å². The molecule has 16 heavy (non-hydrogen) atoms. The minimum Gasteiger partial charge on any atom is -0.268 e. The molecule has 0 fully saturated rings. The summed E-state index contributed by atoms with van der Waals surface area (Å²) in [6, 6.07) is 0. The highest BCUT2D eigenvalue weighted by Crippen LogP contribution is 2.20. The quantitative estimate of drug-likeness (QED) is 0.678. The van der Waals surface area contributed by atoms with Crippen LogP contribution >= 0.6 is 9.24 Å². The lowest BCUT2D eigenvalue weighted by Crippen LogP contribution is -2.32. The molecule has 2 rings (SSSR count). The predicted octanol–water partition coefficient (Wildman–Crippen LogP) is 1.07. The molecule has 2 atom stereocenters. The molecule has 0 aromatic carbocycles. The van der Waals surface area contributed by atoms with E-state index in [0.29, 0.717) is 0 Å². The third-order valence-corrected chi connectivity index (χ3v) is 2.65. The van der Waals surface area contributed by atoms with Crippen LogP contribution in [0.25, 0.3) is 11.6 Å². The van der Waals surface area contributed by atoms with Gasteiger partial charge in [-0.25, -0.2) is 0 Å².